The zero-order valence-electron chi connectivity index (χ0n) is 10.4. The van der Waals surface area contributed by atoms with Gasteiger partial charge >= 0.3 is 5.97 Å². The SMILES string of the molecule is Cc1ccc(NC2(C(=O)O)CCCC2C)cc1. The number of carboxylic acid groups (broad SMARTS) is 1. The van der Waals surface area contributed by atoms with E-state index >= 15 is 0 Å². The van der Waals surface area contributed by atoms with Gasteiger partial charge in [-0.3, -0.25) is 0 Å². The van der Waals surface area contributed by atoms with Crippen LogP contribution in [0.2, 0.25) is 0 Å². The Morgan fingerprint density at radius 3 is 2.53 bits per heavy atom. The van der Waals surface area contributed by atoms with E-state index in [9.17, 15) is 9.90 Å². The van der Waals surface area contributed by atoms with E-state index in [-0.39, 0.29) is 5.92 Å². The molecule has 92 valence electrons. The normalized spacial score (nSPS) is 28.0. The predicted molar refractivity (Wildman–Crippen MR) is 68.2 cm³/mol. The highest BCUT2D eigenvalue weighted by molar-refractivity contribution is 5.83. The molecular formula is C14H19NO2. The molecule has 2 rings (SSSR count). The van der Waals surface area contributed by atoms with E-state index in [1.165, 1.54) is 5.56 Å². The number of anilines is 1. The smallest absolute Gasteiger partial charge is 0.329 e. The predicted octanol–water partition coefficient (Wildman–Crippen LogP) is 3.05. The Hall–Kier alpha value is -1.51. The lowest BCUT2D eigenvalue weighted by atomic mass is 9.88. The van der Waals surface area contributed by atoms with Gasteiger partial charge < -0.3 is 10.4 Å². The van der Waals surface area contributed by atoms with Gasteiger partial charge in [0, 0.05) is 5.69 Å². The second-order valence-electron chi connectivity index (χ2n) is 5.06. The second kappa shape index (κ2) is 4.40. The number of carbonyl (C=O) groups is 1. The molecule has 2 unspecified atom stereocenters. The van der Waals surface area contributed by atoms with Crippen molar-refractivity contribution >= 4 is 11.7 Å². The molecule has 0 aromatic heterocycles. The van der Waals surface area contributed by atoms with Crippen LogP contribution in [0.1, 0.15) is 31.7 Å². The molecular weight excluding hydrogens is 214 g/mol. The van der Waals surface area contributed by atoms with Gasteiger partial charge in [0.25, 0.3) is 0 Å². The molecule has 1 aliphatic carbocycles. The van der Waals surface area contributed by atoms with Crippen molar-refractivity contribution in [2.45, 2.75) is 38.6 Å². The van der Waals surface area contributed by atoms with Crippen LogP contribution in [0.5, 0.6) is 0 Å². The number of nitrogens with one attached hydrogen (secondary N) is 1. The van der Waals surface area contributed by atoms with E-state index in [0.717, 1.165) is 18.5 Å². The summed E-state index contributed by atoms with van der Waals surface area (Å²) in [6.45, 7) is 4.04. The largest absolute Gasteiger partial charge is 0.479 e. The zero-order valence-corrected chi connectivity index (χ0v) is 10.4. The first-order chi connectivity index (χ1) is 8.04. The van der Waals surface area contributed by atoms with Crippen LogP contribution in [-0.2, 0) is 4.79 Å². The van der Waals surface area contributed by atoms with Crippen LogP contribution in [0.4, 0.5) is 5.69 Å². The second-order valence-corrected chi connectivity index (χ2v) is 5.06. The number of benzene rings is 1. The number of carboxylic acids is 1. The number of hydrogen-bond donors (Lipinski definition) is 2. The van der Waals surface area contributed by atoms with Crippen molar-refractivity contribution in [3.05, 3.63) is 29.8 Å². The van der Waals surface area contributed by atoms with Gasteiger partial charge in [0.05, 0.1) is 0 Å². The Labute approximate surface area is 102 Å². The third kappa shape index (κ3) is 2.14. The molecule has 0 radical (unpaired) electrons. The molecule has 1 saturated carbocycles. The van der Waals surface area contributed by atoms with E-state index in [1.54, 1.807) is 0 Å². The van der Waals surface area contributed by atoms with Gasteiger partial charge in [-0.05, 0) is 37.8 Å². The summed E-state index contributed by atoms with van der Waals surface area (Å²) in [5, 5.41) is 12.7. The fraction of sp³-hybridized carbons (Fsp3) is 0.500. The maximum absolute atomic E-state index is 11.5. The first-order valence-electron chi connectivity index (χ1n) is 6.13. The number of rotatable bonds is 3. The van der Waals surface area contributed by atoms with Crippen LogP contribution in [0.3, 0.4) is 0 Å². The van der Waals surface area contributed by atoms with Crippen molar-refractivity contribution in [2.24, 2.45) is 5.92 Å². The Morgan fingerprint density at radius 1 is 1.41 bits per heavy atom. The maximum Gasteiger partial charge on any atom is 0.329 e. The molecule has 0 bridgehead atoms. The summed E-state index contributed by atoms with van der Waals surface area (Å²) in [6, 6.07) is 7.89. The number of aryl methyl sites for hydroxylation is 1. The highest BCUT2D eigenvalue weighted by atomic mass is 16.4. The topological polar surface area (TPSA) is 49.3 Å². The molecule has 1 aromatic rings. The van der Waals surface area contributed by atoms with Crippen LogP contribution < -0.4 is 5.32 Å². The summed E-state index contributed by atoms with van der Waals surface area (Å²) in [5.74, 6) is -0.565. The number of hydrogen-bond acceptors (Lipinski definition) is 2. The first-order valence-corrected chi connectivity index (χ1v) is 6.13. The van der Waals surface area contributed by atoms with E-state index in [2.05, 4.69) is 5.32 Å². The van der Waals surface area contributed by atoms with Crippen molar-refractivity contribution in [2.75, 3.05) is 5.32 Å². The third-order valence-electron chi connectivity index (χ3n) is 3.85. The molecule has 17 heavy (non-hydrogen) atoms. The van der Waals surface area contributed by atoms with Gasteiger partial charge in [-0.25, -0.2) is 4.79 Å². The molecule has 1 aromatic carbocycles. The minimum Gasteiger partial charge on any atom is -0.479 e. The summed E-state index contributed by atoms with van der Waals surface area (Å²) in [6.07, 6.45) is 2.66. The Kier molecular flexibility index (Phi) is 3.09. The molecule has 1 fully saturated rings. The Bertz CT molecular complexity index is 413. The molecule has 3 heteroatoms. The Morgan fingerprint density at radius 2 is 2.06 bits per heavy atom. The van der Waals surface area contributed by atoms with Crippen LogP contribution in [0.15, 0.2) is 24.3 Å². The fourth-order valence-corrected chi connectivity index (χ4v) is 2.63. The lowest BCUT2D eigenvalue weighted by Crippen LogP contribution is -2.48. The van der Waals surface area contributed by atoms with Gasteiger partial charge in [0.1, 0.15) is 5.54 Å². The average Bonchev–Trinajstić information content (AvgIpc) is 2.65. The van der Waals surface area contributed by atoms with E-state index < -0.39 is 11.5 Å². The summed E-state index contributed by atoms with van der Waals surface area (Å²) in [7, 11) is 0. The van der Waals surface area contributed by atoms with Crippen molar-refractivity contribution < 1.29 is 9.90 Å². The minimum absolute atomic E-state index is 0.168. The molecule has 2 N–H and O–H groups in total. The first kappa shape index (κ1) is 12.0. The van der Waals surface area contributed by atoms with Gasteiger partial charge in [-0.15, -0.1) is 0 Å². The lowest BCUT2D eigenvalue weighted by molar-refractivity contribution is -0.143. The summed E-state index contributed by atoms with van der Waals surface area (Å²) >= 11 is 0. The molecule has 0 spiro atoms. The van der Waals surface area contributed by atoms with Crippen LogP contribution in [-0.4, -0.2) is 16.6 Å². The minimum atomic E-state index is -0.782. The monoisotopic (exact) mass is 233 g/mol. The standard InChI is InChI=1S/C14H19NO2/c1-10-5-7-12(8-6-10)15-14(13(16)17)9-3-4-11(14)2/h5-8,11,15H,3-4,9H2,1-2H3,(H,16,17). The number of aliphatic carboxylic acids is 1. The quantitative estimate of drug-likeness (QED) is 0.843. The summed E-state index contributed by atoms with van der Waals surface area (Å²) in [4.78, 5) is 11.5. The highest BCUT2D eigenvalue weighted by Crippen LogP contribution is 2.38. The molecule has 2 atom stereocenters. The molecule has 0 amide bonds. The van der Waals surface area contributed by atoms with Gasteiger partial charge in [-0.2, -0.15) is 0 Å². The summed E-state index contributed by atoms with van der Waals surface area (Å²) < 4.78 is 0. The van der Waals surface area contributed by atoms with Crippen LogP contribution >= 0.6 is 0 Å². The Balaban J connectivity index is 2.24. The van der Waals surface area contributed by atoms with Crippen LogP contribution in [0.25, 0.3) is 0 Å². The van der Waals surface area contributed by atoms with Crippen LogP contribution in [0, 0.1) is 12.8 Å². The van der Waals surface area contributed by atoms with Crippen molar-refractivity contribution in [3.8, 4) is 0 Å². The zero-order chi connectivity index (χ0) is 12.5. The average molecular weight is 233 g/mol. The van der Waals surface area contributed by atoms with Gasteiger partial charge in [0.15, 0.2) is 0 Å². The van der Waals surface area contributed by atoms with Crippen molar-refractivity contribution in [1.82, 2.24) is 0 Å². The summed E-state index contributed by atoms with van der Waals surface area (Å²) in [5.41, 5.74) is 1.29. The van der Waals surface area contributed by atoms with Gasteiger partial charge in [-0.1, -0.05) is 31.0 Å². The van der Waals surface area contributed by atoms with E-state index in [1.807, 2.05) is 38.1 Å². The fourth-order valence-electron chi connectivity index (χ4n) is 2.63. The molecule has 0 saturated heterocycles. The molecule has 0 heterocycles. The van der Waals surface area contributed by atoms with Crippen molar-refractivity contribution in [1.29, 1.82) is 0 Å². The van der Waals surface area contributed by atoms with Gasteiger partial charge in [0.2, 0.25) is 0 Å². The van der Waals surface area contributed by atoms with Crippen molar-refractivity contribution in [3.63, 3.8) is 0 Å². The lowest BCUT2D eigenvalue weighted by Gasteiger charge is -2.31. The highest BCUT2D eigenvalue weighted by Gasteiger charge is 2.46. The molecule has 1 aliphatic rings. The molecule has 3 nitrogen and oxygen atoms in total. The third-order valence-corrected chi connectivity index (χ3v) is 3.85. The molecule has 0 aliphatic heterocycles. The van der Waals surface area contributed by atoms with E-state index in [4.69, 9.17) is 0 Å². The van der Waals surface area contributed by atoms with E-state index in [0.29, 0.717) is 6.42 Å². The maximum atomic E-state index is 11.5.